The van der Waals surface area contributed by atoms with Crippen molar-refractivity contribution in [1.29, 1.82) is 0 Å². The molecule has 1 amide bonds. The first-order valence-corrected chi connectivity index (χ1v) is 10.9. The number of hydrogen-bond donors (Lipinski definition) is 1. The fourth-order valence-corrected chi connectivity index (χ4v) is 4.47. The van der Waals surface area contributed by atoms with E-state index in [2.05, 4.69) is 17.4 Å². The van der Waals surface area contributed by atoms with Gasteiger partial charge in [0.25, 0.3) is 5.91 Å². The quantitative estimate of drug-likeness (QED) is 0.763. The molecular formula is C24H31ClN2O4. The Bertz CT molecular complexity index is 928. The smallest absolute Gasteiger partial charge is 0.349 e. The Hall–Kier alpha value is -2.15. The summed E-state index contributed by atoms with van der Waals surface area (Å²) in [5, 5.41) is 3.38. The highest BCUT2D eigenvalue weighted by atomic mass is 35.5. The maximum Gasteiger partial charge on any atom is 0.349 e. The van der Waals surface area contributed by atoms with Crippen molar-refractivity contribution in [2.45, 2.75) is 44.6 Å². The van der Waals surface area contributed by atoms with E-state index in [9.17, 15) is 9.59 Å². The second kappa shape index (κ2) is 10.4. The molecular weight excluding hydrogens is 416 g/mol. The average molecular weight is 447 g/mol. The highest BCUT2D eigenvalue weighted by Crippen LogP contribution is 2.28. The molecule has 168 valence electrons. The third kappa shape index (κ3) is 5.56. The Morgan fingerprint density at radius 3 is 2.55 bits per heavy atom. The number of morpholine rings is 1. The SMILES string of the molecule is Cc1cc(CCCc2ccccc2)oc(=O)c1C(=O)N1CCC2(CC1)CNCCO2.Cl. The fourth-order valence-electron chi connectivity index (χ4n) is 4.47. The van der Waals surface area contributed by atoms with E-state index in [-0.39, 0.29) is 29.5 Å². The maximum absolute atomic E-state index is 13.0. The highest BCUT2D eigenvalue weighted by molar-refractivity contribution is 5.95. The van der Waals surface area contributed by atoms with E-state index in [1.807, 2.05) is 31.2 Å². The Morgan fingerprint density at radius 1 is 1.16 bits per heavy atom. The number of piperidine rings is 1. The molecule has 0 aliphatic carbocycles. The predicted molar refractivity (Wildman–Crippen MR) is 122 cm³/mol. The van der Waals surface area contributed by atoms with Gasteiger partial charge >= 0.3 is 5.63 Å². The van der Waals surface area contributed by atoms with Crippen LogP contribution in [0.1, 0.15) is 46.5 Å². The van der Waals surface area contributed by atoms with Gasteiger partial charge in [0.05, 0.1) is 12.2 Å². The molecule has 1 aromatic carbocycles. The Morgan fingerprint density at radius 2 is 1.90 bits per heavy atom. The lowest BCUT2D eigenvalue weighted by atomic mass is 9.89. The molecule has 0 radical (unpaired) electrons. The van der Waals surface area contributed by atoms with Gasteiger partial charge in [-0.2, -0.15) is 0 Å². The van der Waals surface area contributed by atoms with Crippen LogP contribution in [0.5, 0.6) is 0 Å². The number of halogens is 1. The number of carbonyl (C=O) groups excluding carboxylic acids is 1. The van der Waals surface area contributed by atoms with E-state index in [0.29, 0.717) is 37.4 Å². The molecule has 2 aromatic rings. The molecule has 2 saturated heterocycles. The lowest BCUT2D eigenvalue weighted by molar-refractivity contribution is -0.0954. The number of rotatable bonds is 5. The first-order valence-electron chi connectivity index (χ1n) is 10.9. The zero-order valence-electron chi connectivity index (χ0n) is 18.0. The Labute approximate surface area is 189 Å². The second-order valence-electron chi connectivity index (χ2n) is 8.40. The number of nitrogens with zero attached hydrogens (tertiary/aromatic N) is 1. The van der Waals surface area contributed by atoms with Crippen molar-refractivity contribution >= 4 is 18.3 Å². The van der Waals surface area contributed by atoms with Gasteiger partial charge in [0.15, 0.2) is 0 Å². The molecule has 7 heteroatoms. The molecule has 0 bridgehead atoms. The van der Waals surface area contributed by atoms with Crippen LogP contribution in [0.15, 0.2) is 45.6 Å². The van der Waals surface area contributed by atoms with E-state index >= 15 is 0 Å². The van der Waals surface area contributed by atoms with Crippen LogP contribution in [0, 0.1) is 6.92 Å². The predicted octanol–water partition coefficient (Wildman–Crippen LogP) is 3.14. The van der Waals surface area contributed by atoms with E-state index in [4.69, 9.17) is 9.15 Å². The van der Waals surface area contributed by atoms with E-state index in [1.54, 1.807) is 4.90 Å². The summed E-state index contributed by atoms with van der Waals surface area (Å²) < 4.78 is 11.5. The van der Waals surface area contributed by atoms with Gasteiger partial charge in [-0.25, -0.2) is 4.79 Å². The summed E-state index contributed by atoms with van der Waals surface area (Å²) in [7, 11) is 0. The summed E-state index contributed by atoms with van der Waals surface area (Å²) >= 11 is 0. The monoisotopic (exact) mass is 446 g/mol. The zero-order valence-corrected chi connectivity index (χ0v) is 18.8. The molecule has 0 unspecified atom stereocenters. The highest BCUT2D eigenvalue weighted by Gasteiger charge is 2.38. The molecule has 1 aromatic heterocycles. The molecule has 0 atom stereocenters. The molecule has 6 nitrogen and oxygen atoms in total. The number of likely N-dealkylation sites (tertiary alicyclic amines) is 1. The molecule has 2 aliphatic heterocycles. The number of benzene rings is 1. The van der Waals surface area contributed by atoms with Crippen molar-refractivity contribution in [3.05, 3.63) is 69.3 Å². The molecule has 1 spiro atoms. The van der Waals surface area contributed by atoms with Crippen LogP contribution < -0.4 is 10.9 Å². The van der Waals surface area contributed by atoms with Crippen molar-refractivity contribution in [3.63, 3.8) is 0 Å². The van der Waals surface area contributed by atoms with Crippen molar-refractivity contribution in [3.8, 4) is 0 Å². The minimum Gasteiger partial charge on any atom is -0.427 e. The fraction of sp³-hybridized carbons (Fsp3) is 0.500. The molecule has 2 fully saturated rings. The van der Waals surface area contributed by atoms with Gasteiger partial charge in [-0.05, 0) is 49.8 Å². The van der Waals surface area contributed by atoms with Crippen LogP contribution in [0.4, 0.5) is 0 Å². The lowest BCUT2D eigenvalue weighted by Gasteiger charge is -2.44. The summed E-state index contributed by atoms with van der Waals surface area (Å²) in [6.07, 6.45) is 4.07. The third-order valence-corrected chi connectivity index (χ3v) is 6.24. The number of ether oxygens (including phenoxy) is 1. The molecule has 0 saturated carbocycles. The molecule has 4 rings (SSSR count). The van der Waals surface area contributed by atoms with Gasteiger partial charge in [-0.3, -0.25) is 4.79 Å². The van der Waals surface area contributed by atoms with Crippen LogP contribution in [0.25, 0.3) is 0 Å². The van der Waals surface area contributed by atoms with E-state index < -0.39 is 5.63 Å². The van der Waals surface area contributed by atoms with E-state index in [0.717, 1.165) is 38.8 Å². The summed E-state index contributed by atoms with van der Waals surface area (Å²) in [5.74, 6) is 0.417. The van der Waals surface area contributed by atoms with E-state index in [1.165, 1.54) is 5.56 Å². The second-order valence-corrected chi connectivity index (χ2v) is 8.40. The zero-order chi connectivity index (χ0) is 21.0. The van der Waals surface area contributed by atoms with Gasteiger partial charge in [-0.15, -0.1) is 12.4 Å². The first kappa shape index (κ1) is 23.5. The summed E-state index contributed by atoms with van der Waals surface area (Å²) in [5.41, 5.74) is 1.44. The van der Waals surface area contributed by atoms with Gasteiger partial charge in [0.1, 0.15) is 11.3 Å². The lowest BCUT2D eigenvalue weighted by Crippen LogP contribution is -2.56. The van der Waals surface area contributed by atoms with Crippen LogP contribution >= 0.6 is 12.4 Å². The van der Waals surface area contributed by atoms with Crippen LogP contribution in [-0.4, -0.2) is 49.2 Å². The van der Waals surface area contributed by atoms with Crippen molar-refractivity contribution < 1.29 is 13.9 Å². The third-order valence-electron chi connectivity index (χ3n) is 6.24. The molecule has 1 N–H and O–H groups in total. The topological polar surface area (TPSA) is 71.8 Å². The minimum atomic E-state index is -0.523. The number of hydrogen-bond acceptors (Lipinski definition) is 5. The van der Waals surface area contributed by atoms with Gasteiger partial charge in [-0.1, -0.05) is 30.3 Å². The van der Waals surface area contributed by atoms with Crippen molar-refractivity contribution in [2.75, 3.05) is 32.8 Å². The largest absolute Gasteiger partial charge is 0.427 e. The molecule has 31 heavy (non-hydrogen) atoms. The van der Waals surface area contributed by atoms with Gasteiger partial charge < -0.3 is 19.4 Å². The number of amides is 1. The molecule has 3 heterocycles. The number of aryl methyl sites for hydroxylation is 3. The minimum absolute atomic E-state index is 0. The Kier molecular flexibility index (Phi) is 7.92. The Balaban J connectivity index is 0.00000272. The van der Waals surface area contributed by atoms with Crippen molar-refractivity contribution in [2.24, 2.45) is 0 Å². The van der Waals surface area contributed by atoms with Gasteiger partial charge in [0, 0.05) is 32.6 Å². The van der Waals surface area contributed by atoms with Crippen LogP contribution in [0.3, 0.4) is 0 Å². The first-order chi connectivity index (χ1) is 14.6. The standard InChI is InChI=1S/C24H30N2O4.ClH/c1-18-16-20(9-5-8-19-6-3-2-4-7-19)30-23(28)21(18)22(27)26-13-10-24(11-14-26)17-25-12-15-29-24;/h2-4,6-7,16,25H,5,8-15,17H2,1H3;1H. The number of carbonyl (C=O) groups is 1. The van der Waals surface area contributed by atoms with Crippen molar-refractivity contribution in [1.82, 2.24) is 10.2 Å². The van der Waals surface area contributed by atoms with Crippen LogP contribution in [0.2, 0.25) is 0 Å². The summed E-state index contributed by atoms with van der Waals surface area (Å²) in [6, 6.07) is 12.1. The summed E-state index contributed by atoms with van der Waals surface area (Å²) in [6.45, 7) is 5.43. The normalized spacial score (nSPS) is 17.9. The maximum atomic E-state index is 13.0. The summed E-state index contributed by atoms with van der Waals surface area (Å²) in [4.78, 5) is 27.4. The average Bonchev–Trinajstić information content (AvgIpc) is 2.75. The van der Waals surface area contributed by atoms with Gasteiger partial charge in [0.2, 0.25) is 0 Å². The van der Waals surface area contributed by atoms with Crippen LogP contribution in [-0.2, 0) is 17.6 Å². The number of nitrogens with one attached hydrogen (secondary N) is 1. The molecule has 2 aliphatic rings.